The lowest BCUT2D eigenvalue weighted by Gasteiger charge is -2.12. The van der Waals surface area contributed by atoms with Crippen LogP contribution in [0.4, 0.5) is 0 Å². The van der Waals surface area contributed by atoms with Crippen molar-refractivity contribution in [3.63, 3.8) is 0 Å². The average Bonchev–Trinajstić information content (AvgIpc) is 2.70. The van der Waals surface area contributed by atoms with E-state index in [0.717, 1.165) is 11.1 Å². The van der Waals surface area contributed by atoms with Crippen molar-refractivity contribution >= 4 is 16.8 Å². The average molecular weight is 397 g/mol. The molecule has 1 heterocycles. The zero-order chi connectivity index (χ0) is 21.0. The van der Waals surface area contributed by atoms with E-state index in [4.69, 9.17) is 14.2 Å². The number of fused-ring (bicyclic) bond motifs is 1. The van der Waals surface area contributed by atoms with Crippen molar-refractivity contribution in [1.82, 2.24) is 15.3 Å². The summed E-state index contributed by atoms with van der Waals surface area (Å²) in [7, 11) is 3.04. The quantitative estimate of drug-likeness (QED) is 0.594. The van der Waals surface area contributed by atoms with E-state index in [-0.39, 0.29) is 11.5 Å². The second-order valence-electron chi connectivity index (χ2n) is 6.45. The Kier molecular flexibility index (Phi) is 6.01. The summed E-state index contributed by atoms with van der Waals surface area (Å²) >= 11 is 0. The number of hydrogen-bond donors (Lipinski definition) is 2. The summed E-state index contributed by atoms with van der Waals surface area (Å²) in [6, 6.07) is 8.87. The van der Waals surface area contributed by atoms with E-state index < -0.39 is 0 Å². The summed E-state index contributed by atoms with van der Waals surface area (Å²) in [4.78, 5) is 31.0. The maximum absolute atomic E-state index is 12.7. The molecule has 0 bridgehead atoms. The van der Waals surface area contributed by atoms with E-state index in [1.165, 1.54) is 14.0 Å². The van der Waals surface area contributed by atoms with Crippen LogP contribution >= 0.6 is 0 Å². The number of carbonyl (C=O) groups excluding carboxylic acids is 1. The molecule has 8 heteroatoms. The van der Waals surface area contributed by atoms with Crippen LogP contribution in [0.15, 0.2) is 35.1 Å². The Morgan fingerprint density at radius 1 is 1.14 bits per heavy atom. The molecule has 1 amide bonds. The minimum Gasteiger partial charge on any atom is -0.497 e. The molecule has 0 saturated carbocycles. The highest BCUT2D eigenvalue weighted by Gasteiger charge is 2.13. The molecular weight excluding hydrogens is 374 g/mol. The van der Waals surface area contributed by atoms with Crippen molar-refractivity contribution in [3.8, 4) is 28.6 Å². The molecule has 1 aromatic heterocycles. The number of nitrogens with one attached hydrogen (secondary N) is 2. The monoisotopic (exact) mass is 397 g/mol. The van der Waals surface area contributed by atoms with Crippen LogP contribution in [-0.4, -0.2) is 43.2 Å². The molecule has 8 nitrogen and oxygen atoms in total. The number of carbonyl (C=O) groups is 1. The van der Waals surface area contributed by atoms with Crippen LogP contribution in [0, 0.1) is 6.92 Å². The van der Waals surface area contributed by atoms with E-state index in [9.17, 15) is 9.59 Å². The number of rotatable bonds is 7. The Bertz CT molecular complexity index is 1110. The van der Waals surface area contributed by atoms with Crippen LogP contribution in [0.5, 0.6) is 17.2 Å². The van der Waals surface area contributed by atoms with Gasteiger partial charge in [0.2, 0.25) is 5.91 Å². The fraction of sp³-hybridized carbons (Fsp3) is 0.286. The van der Waals surface area contributed by atoms with Crippen LogP contribution < -0.4 is 25.1 Å². The van der Waals surface area contributed by atoms with Crippen LogP contribution in [0.1, 0.15) is 12.5 Å². The van der Waals surface area contributed by atoms with E-state index in [0.29, 0.717) is 47.1 Å². The smallest absolute Gasteiger partial charge is 0.262 e. The Morgan fingerprint density at radius 3 is 2.59 bits per heavy atom. The molecule has 29 heavy (non-hydrogen) atoms. The van der Waals surface area contributed by atoms with Gasteiger partial charge in [-0.25, -0.2) is 4.98 Å². The van der Waals surface area contributed by atoms with Crippen molar-refractivity contribution in [2.24, 2.45) is 0 Å². The summed E-state index contributed by atoms with van der Waals surface area (Å²) in [5.74, 6) is 1.99. The number of ether oxygens (including phenoxy) is 3. The number of H-pyrrole nitrogens is 1. The van der Waals surface area contributed by atoms with E-state index >= 15 is 0 Å². The topological polar surface area (TPSA) is 103 Å². The molecule has 0 aliphatic heterocycles. The molecule has 0 saturated heterocycles. The SMILES string of the molecule is COc1cc(OC)c2c(=O)[nH]c(-c3ccc(OCCNC(C)=O)c(C)c3)nc2c1. The predicted molar refractivity (Wildman–Crippen MR) is 110 cm³/mol. The molecule has 0 aliphatic rings. The lowest BCUT2D eigenvalue weighted by Crippen LogP contribution is -2.25. The highest BCUT2D eigenvalue weighted by Crippen LogP contribution is 2.29. The third kappa shape index (κ3) is 4.48. The van der Waals surface area contributed by atoms with Gasteiger partial charge in [0.05, 0.1) is 26.3 Å². The Morgan fingerprint density at radius 2 is 1.93 bits per heavy atom. The lowest BCUT2D eigenvalue weighted by atomic mass is 10.1. The van der Waals surface area contributed by atoms with Crippen molar-refractivity contribution in [2.45, 2.75) is 13.8 Å². The summed E-state index contributed by atoms with van der Waals surface area (Å²) in [6.07, 6.45) is 0. The summed E-state index contributed by atoms with van der Waals surface area (Å²) in [5.41, 5.74) is 1.82. The van der Waals surface area contributed by atoms with Gasteiger partial charge >= 0.3 is 0 Å². The maximum atomic E-state index is 12.7. The number of aromatic amines is 1. The van der Waals surface area contributed by atoms with Gasteiger partial charge < -0.3 is 24.5 Å². The van der Waals surface area contributed by atoms with Crippen LogP contribution in [0.2, 0.25) is 0 Å². The standard InChI is InChI=1S/C21H23N3O5/c1-12-9-14(5-6-17(12)29-8-7-22-13(2)25)20-23-16-10-15(27-3)11-18(28-4)19(16)21(26)24-20/h5-6,9-11H,7-8H2,1-4H3,(H,22,25)(H,23,24,26). The molecule has 2 N–H and O–H groups in total. The molecule has 0 fully saturated rings. The van der Waals surface area contributed by atoms with Crippen molar-refractivity contribution in [1.29, 1.82) is 0 Å². The van der Waals surface area contributed by atoms with E-state index in [1.54, 1.807) is 19.2 Å². The summed E-state index contributed by atoms with van der Waals surface area (Å²) < 4.78 is 16.3. The molecule has 2 aromatic carbocycles. The third-order valence-corrected chi connectivity index (χ3v) is 4.38. The van der Waals surface area contributed by atoms with Crippen molar-refractivity contribution in [3.05, 3.63) is 46.2 Å². The number of aromatic nitrogens is 2. The predicted octanol–water partition coefficient (Wildman–Crippen LogP) is 2.43. The number of aryl methyl sites for hydroxylation is 1. The maximum Gasteiger partial charge on any atom is 0.262 e. The minimum atomic E-state index is -0.294. The summed E-state index contributed by atoms with van der Waals surface area (Å²) in [6.45, 7) is 4.16. The molecule has 0 aliphatic carbocycles. The van der Waals surface area contributed by atoms with Gasteiger partial charge in [-0.1, -0.05) is 0 Å². The Labute approximate surface area is 167 Å². The first-order valence-corrected chi connectivity index (χ1v) is 9.07. The normalized spacial score (nSPS) is 10.6. The molecule has 3 aromatic rings. The fourth-order valence-corrected chi connectivity index (χ4v) is 2.97. The number of benzene rings is 2. The molecule has 0 radical (unpaired) electrons. The van der Waals surface area contributed by atoms with Crippen LogP contribution in [-0.2, 0) is 4.79 Å². The first kappa shape index (κ1) is 20.2. The first-order chi connectivity index (χ1) is 13.9. The number of hydrogen-bond acceptors (Lipinski definition) is 6. The van der Waals surface area contributed by atoms with Crippen LogP contribution in [0.25, 0.3) is 22.3 Å². The van der Waals surface area contributed by atoms with E-state index in [2.05, 4.69) is 15.3 Å². The zero-order valence-corrected chi connectivity index (χ0v) is 16.8. The number of methoxy groups -OCH3 is 2. The highest BCUT2D eigenvalue weighted by molar-refractivity contribution is 5.87. The van der Waals surface area contributed by atoms with Gasteiger partial charge in [-0.15, -0.1) is 0 Å². The van der Waals surface area contributed by atoms with Gasteiger partial charge in [0.25, 0.3) is 5.56 Å². The number of amides is 1. The molecular formula is C21H23N3O5. The zero-order valence-electron chi connectivity index (χ0n) is 16.8. The van der Waals surface area contributed by atoms with Crippen molar-refractivity contribution < 1.29 is 19.0 Å². The van der Waals surface area contributed by atoms with Gasteiger partial charge in [-0.2, -0.15) is 0 Å². The Balaban J connectivity index is 1.93. The number of nitrogens with zero attached hydrogens (tertiary/aromatic N) is 1. The van der Waals surface area contributed by atoms with Gasteiger partial charge in [-0.05, 0) is 30.7 Å². The second kappa shape index (κ2) is 8.64. The van der Waals surface area contributed by atoms with E-state index in [1.807, 2.05) is 25.1 Å². The molecule has 0 spiro atoms. The first-order valence-electron chi connectivity index (χ1n) is 9.07. The van der Waals surface area contributed by atoms with Gasteiger partial charge in [0, 0.05) is 24.6 Å². The van der Waals surface area contributed by atoms with Gasteiger partial charge in [-0.3, -0.25) is 9.59 Å². The fourth-order valence-electron chi connectivity index (χ4n) is 2.97. The van der Waals surface area contributed by atoms with Gasteiger partial charge in [0.1, 0.15) is 35.1 Å². The second-order valence-corrected chi connectivity index (χ2v) is 6.45. The highest BCUT2D eigenvalue weighted by atomic mass is 16.5. The lowest BCUT2D eigenvalue weighted by molar-refractivity contribution is -0.119. The molecule has 0 atom stereocenters. The molecule has 0 unspecified atom stereocenters. The van der Waals surface area contributed by atoms with Crippen molar-refractivity contribution in [2.75, 3.05) is 27.4 Å². The molecule has 152 valence electrons. The molecule has 3 rings (SSSR count). The largest absolute Gasteiger partial charge is 0.497 e. The minimum absolute atomic E-state index is 0.0970. The van der Waals surface area contributed by atoms with Crippen LogP contribution in [0.3, 0.4) is 0 Å². The Hall–Kier alpha value is -3.55. The summed E-state index contributed by atoms with van der Waals surface area (Å²) in [5, 5.41) is 3.05. The third-order valence-electron chi connectivity index (χ3n) is 4.38. The van der Waals surface area contributed by atoms with Gasteiger partial charge in [0.15, 0.2) is 0 Å².